The lowest BCUT2D eigenvalue weighted by Gasteiger charge is -2.10. The molecule has 0 unspecified atom stereocenters. The van der Waals surface area contributed by atoms with Gasteiger partial charge in [0, 0.05) is 17.1 Å². The van der Waals surface area contributed by atoms with Crippen molar-refractivity contribution in [3.05, 3.63) is 24.3 Å². The molecule has 2 nitrogen and oxygen atoms in total. The Bertz CT molecular complexity index is 263. The zero-order valence-electron chi connectivity index (χ0n) is 8.62. The van der Waals surface area contributed by atoms with Crippen LogP contribution in [0.15, 0.2) is 29.2 Å². The Labute approximate surface area is 90.3 Å². The van der Waals surface area contributed by atoms with Gasteiger partial charge in [0.25, 0.3) is 0 Å². The minimum atomic E-state index is 0.746. The Morgan fingerprint density at radius 2 is 2.14 bits per heavy atom. The molecule has 0 atom stereocenters. The summed E-state index contributed by atoms with van der Waals surface area (Å²) < 4.78 is 0. The standard InChI is InChI=1S/C11H18N2S/c1-2-14-11-7-4-3-6-10(11)13-9-5-8-12/h3-4,6-7,13H,2,5,8-9,12H2,1H3. The van der Waals surface area contributed by atoms with E-state index in [9.17, 15) is 0 Å². The van der Waals surface area contributed by atoms with Crippen LogP contribution in [0.5, 0.6) is 0 Å². The van der Waals surface area contributed by atoms with Crippen molar-refractivity contribution in [1.82, 2.24) is 0 Å². The number of anilines is 1. The largest absolute Gasteiger partial charge is 0.384 e. The lowest BCUT2D eigenvalue weighted by molar-refractivity contribution is 0.872. The predicted molar refractivity (Wildman–Crippen MR) is 65.0 cm³/mol. The highest BCUT2D eigenvalue weighted by Gasteiger charge is 1.99. The smallest absolute Gasteiger partial charge is 0.0478 e. The Morgan fingerprint density at radius 3 is 2.86 bits per heavy atom. The molecule has 3 heteroatoms. The van der Waals surface area contributed by atoms with Crippen LogP contribution < -0.4 is 11.1 Å². The van der Waals surface area contributed by atoms with Gasteiger partial charge in [-0.2, -0.15) is 0 Å². The van der Waals surface area contributed by atoms with E-state index in [1.807, 2.05) is 11.8 Å². The van der Waals surface area contributed by atoms with Crippen molar-refractivity contribution in [1.29, 1.82) is 0 Å². The monoisotopic (exact) mass is 210 g/mol. The van der Waals surface area contributed by atoms with Crippen LogP contribution in [0.2, 0.25) is 0 Å². The van der Waals surface area contributed by atoms with Gasteiger partial charge in [0.2, 0.25) is 0 Å². The average Bonchev–Trinajstić information content (AvgIpc) is 2.21. The molecule has 1 rings (SSSR count). The van der Waals surface area contributed by atoms with E-state index in [0.717, 1.165) is 25.3 Å². The maximum atomic E-state index is 5.44. The zero-order valence-corrected chi connectivity index (χ0v) is 9.44. The van der Waals surface area contributed by atoms with Crippen molar-refractivity contribution < 1.29 is 0 Å². The van der Waals surface area contributed by atoms with E-state index >= 15 is 0 Å². The van der Waals surface area contributed by atoms with Crippen LogP contribution in [-0.2, 0) is 0 Å². The minimum absolute atomic E-state index is 0.746. The fourth-order valence-electron chi connectivity index (χ4n) is 1.22. The first kappa shape index (κ1) is 11.4. The quantitative estimate of drug-likeness (QED) is 0.560. The molecule has 0 aliphatic carbocycles. The fraction of sp³-hybridized carbons (Fsp3) is 0.455. The summed E-state index contributed by atoms with van der Waals surface area (Å²) in [5.74, 6) is 1.11. The van der Waals surface area contributed by atoms with Gasteiger partial charge in [0.1, 0.15) is 0 Å². The maximum absolute atomic E-state index is 5.44. The first-order chi connectivity index (χ1) is 6.88. The second kappa shape index (κ2) is 6.74. The van der Waals surface area contributed by atoms with Crippen molar-refractivity contribution in [3.63, 3.8) is 0 Å². The zero-order chi connectivity index (χ0) is 10.2. The summed E-state index contributed by atoms with van der Waals surface area (Å²) in [5, 5.41) is 3.40. The number of para-hydroxylation sites is 1. The predicted octanol–water partition coefficient (Wildman–Crippen LogP) is 2.56. The van der Waals surface area contributed by atoms with Gasteiger partial charge >= 0.3 is 0 Å². The molecule has 0 aliphatic heterocycles. The Hall–Kier alpha value is -0.670. The summed E-state index contributed by atoms with van der Waals surface area (Å²) in [6.07, 6.45) is 1.02. The van der Waals surface area contributed by atoms with Gasteiger partial charge in [-0.3, -0.25) is 0 Å². The van der Waals surface area contributed by atoms with Crippen molar-refractivity contribution in [3.8, 4) is 0 Å². The summed E-state index contributed by atoms with van der Waals surface area (Å²) in [4.78, 5) is 1.33. The molecule has 0 saturated heterocycles. The van der Waals surface area contributed by atoms with Crippen molar-refractivity contribution in [2.75, 3.05) is 24.2 Å². The highest BCUT2D eigenvalue weighted by Crippen LogP contribution is 2.26. The second-order valence-corrected chi connectivity index (χ2v) is 4.30. The summed E-state index contributed by atoms with van der Waals surface area (Å²) in [5.41, 5.74) is 6.67. The van der Waals surface area contributed by atoms with E-state index in [0.29, 0.717) is 0 Å². The average molecular weight is 210 g/mol. The lowest BCUT2D eigenvalue weighted by Crippen LogP contribution is -2.08. The molecule has 1 aromatic carbocycles. The number of hydrogen-bond donors (Lipinski definition) is 2. The third-order valence-corrected chi connectivity index (χ3v) is 2.84. The topological polar surface area (TPSA) is 38.0 Å². The number of thioether (sulfide) groups is 1. The number of hydrogen-bond acceptors (Lipinski definition) is 3. The van der Waals surface area contributed by atoms with Gasteiger partial charge < -0.3 is 11.1 Å². The van der Waals surface area contributed by atoms with Crippen molar-refractivity contribution in [2.24, 2.45) is 5.73 Å². The molecule has 78 valence electrons. The molecule has 0 fully saturated rings. The summed E-state index contributed by atoms with van der Waals surface area (Å²) in [6.45, 7) is 3.87. The van der Waals surface area contributed by atoms with Crippen LogP contribution in [0.25, 0.3) is 0 Å². The summed E-state index contributed by atoms with van der Waals surface area (Å²) in [6, 6.07) is 8.41. The third-order valence-electron chi connectivity index (χ3n) is 1.88. The fourth-order valence-corrected chi connectivity index (χ4v) is 2.00. The van der Waals surface area contributed by atoms with Gasteiger partial charge in [0.15, 0.2) is 0 Å². The SMILES string of the molecule is CCSc1ccccc1NCCCN. The summed E-state index contributed by atoms with van der Waals surface area (Å²) >= 11 is 1.87. The van der Waals surface area contributed by atoms with Gasteiger partial charge in [0.05, 0.1) is 0 Å². The van der Waals surface area contributed by atoms with E-state index < -0.39 is 0 Å². The molecule has 0 amide bonds. The molecule has 3 N–H and O–H groups in total. The molecule has 0 radical (unpaired) electrons. The number of nitrogens with two attached hydrogens (primary N) is 1. The first-order valence-corrected chi connectivity index (χ1v) is 6.02. The Kier molecular flexibility index (Phi) is 5.49. The van der Waals surface area contributed by atoms with Gasteiger partial charge in [-0.1, -0.05) is 19.1 Å². The third kappa shape index (κ3) is 3.60. The highest BCUT2D eigenvalue weighted by atomic mass is 32.2. The first-order valence-electron chi connectivity index (χ1n) is 5.04. The van der Waals surface area contributed by atoms with Crippen LogP contribution in [0, 0.1) is 0 Å². The Balaban J connectivity index is 2.55. The second-order valence-electron chi connectivity index (χ2n) is 3.00. The Morgan fingerprint density at radius 1 is 1.36 bits per heavy atom. The molecule has 0 aromatic heterocycles. The summed E-state index contributed by atoms with van der Waals surface area (Å²) in [7, 11) is 0. The molecule has 0 spiro atoms. The molecule has 0 bridgehead atoms. The van der Waals surface area contributed by atoms with E-state index in [-0.39, 0.29) is 0 Å². The van der Waals surface area contributed by atoms with Crippen LogP contribution in [0.4, 0.5) is 5.69 Å². The van der Waals surface area contributed by atoms with Crippen LogP contribution in [0.3, 0.4) is 0 Å². The van der Waals surface area contributed by atoms with Crippen molar-refractivity contribution in [2.45, 2.75) is 18.2 Å². The van der Waals surface area contributed by atoms with Crippen molar-refractivity contribution >= 4 is 17.4 Å². The number of nitrogens with one attached hydrogen (secondary N) is 1. The molecular weight excluding hydrogens is 192 g/mol. The normalized spacial score (nSPS) is 10.1. The van der Waals surface area contributed by atoms with Crippen LogP contribution >= 0.6 is 11.8 Å². The molecule has 0 saturated carbocycles. The van der Waals surface area contributed by atoms with Gasteiger partial charge in [-0.05, 0) is 30.9 Å². The van der Waals surface area contributed by atoms with E-state index in [2.05, 4.69) is 36.5 Å². The molecule has 0 aliphatic rings. The molecule has 0 heterocycles. The molecule has 1 aromatic rings. The van der Waals surface area contributed by atoms with Gasteiger partial charge in [-0.15, -0.1) is 11.8 Å². The van der Waals surface area contributed by atoms with Crippen LogP contribution in [-0.4, -0.2) is 18.8 Å². The molecule has 14 heavy (non-hydrogen) atoms. The number of rotatable bonds is 6. The number of benzene rings is 1. The van der Waals surface area contributed by atoms with E-state index in [1.165, 1.54) is 10.6 Å². The van der Waals surface area contributed by atoms with Crippen LogP contribution in [0.1, 0.15) is 13.3 Å². The minimum Gasteiger partial charge on any atom is -0.384 e. The van der Waals surface area contributed by atoms with E-state index in [4.69, 9.17) is 5.73 Å². The molecular formula is C11H18N2S. The van der Waals surface area contributed by atoms with E-state index in [1.54, 1.807) is 0 Å². The lowest BCUT2D eigenvalue weighted by atomic mass is 10.3. The maximum Gasteiger partial charge on any atom is 0.0478 e. The van der Waals surface area contributed by atoms with Gasteiger partial charge in [-0.25, -0.2) is 0 Å². The highest BCUT2D eigenvalue weighted by molar-refractivity contribution is 7.99.